The Morgan fingerprint density at radius 3 is 2.83 bits per heavy atom. The number of likely N-dealkylation sites (N-methyl/N-ethyl adjacent to an activating group) is 1. The molecule has 0 spiro atoms. The average Bonchev–Trinajstić information content (AvgIpc) is 2.68. The highest BCUT2D eigenvalue weighted by Gasteiger charge is 2.34. The minimum atomic E-state index is -0.612. The first-order chi connectivity index (χ1) is 8.50. The second-order valence-electron chi connectivity index (χ2n) is 5.34. The number of nitrogens with zero attached hydrogens (tertiary/aromatic N) is 3. The van der Waals surface area contributed by atoms with Crippen LogP contribution in [0.4, 0.5) is 0 Å². The van der Waals surface area contributed by atoms with E-state index in [9.17, 15) is 5.11 Å². The zero-order valence-corrected chi connectivity index (χ0v) is 11.3. The summed E-state index contributed by atoms with van der Waals surface area (Å²) in [7, 11) is 2.04. The summed E-state index contributed by atoms with van der Waals surface area (Å²) in [4.78, 5) is 10.7. The summed E-state index contributed by atoms with van der Waals surface area (Å²) in [5.41, 5.74) is 1.28. The third-order valence-electron chi connectivity index (χ3n) is 3.59. The molecule has 1 aliphatic rings. The molecule has 1 aliphatic heterocycles. The number of aliphatic hydroxyl groups is 1. The van der Waals surface area contributed by atoms with Gasteiger partial charge in [-0.25, -0.2) is 0 Å². The summed E-state index contributed by atoms with van der Waals surface area (Å²) < 4.78 is 0. The summed E-state index contributed by atoms with van der Waals surface area (Å²) in [6, 6.07) is 0.105. The Balaban J connectivity index is 1.93. The SMILES string of the molecule is Cc1nccnc1C(C)NCC1(O)CCN(C)C1. The van der Waals surface area contributed by atoms with Gasteiger partial charge in [0.1, 0.15) is 0 Å². The van der Waals surface area contributed by atoms with Crippen LogP contribution in [0.5, 0.6) is 0 Å². The molecule has 1 aromatic heterocycles. The zero-order chi connectivity index (χ0) is 13.2. The van der Waals surface area contributed by atoms with E-state index in [1.807, 2.05) is 14.0 Å². The normalized spacial score (nSPS) is 26.4. The Bertz CT molecular complexity index is 412. The first-order valence-electron chi connectivity index (χ1n) is 6.42. The van der Waals surface area contributed by atoms with E-state index in [1.165, 1.54) is 0 Å². The van der Waals surface area contributed by atoms with Gasteiger partial charge in [-0.2, -0.15) is 0 Å². The highest BCUT2D eigenvalue weighted by Crippen LogP contribution is 2.20. The zero-order valence-electron chi connectivity index (χ0n) is 11.3. The van der Waals surface area contributed by atoms with Gasteiger partial charge in [0.15, 0.2) is 0 Å². The lowest BCUT2D eigenvalue weighted by molar-refractivity contribution is 0.0493. The van der Waals surface area contributed by atoms with Crippen molar-refractivity contribution in [2.75, 3.05) is 26.7 Å². The monoisotopic (exact) mass is 250 g/mol. The smallest absolute Gasteiger partial charge is 0.0909 e. The van der Waals surface area contributed by atoms with E-state index >= 15 is 0 Å². The number of hydrogen-bond donors (Lipinski definition) is 2. The molecular formula is C13H22N4O. The summed E-state index contributed by atoms with van der Waals surface area (Å²) >= 11 is 0. The lowest BCUT2D eigenvalue weighted by atomic mass is 10.0. The van der Waals surface area contributed by atoms with Crippen molar-refractivity contribution in [3.8, 4) is 0 Å². The van der Waals surface area contributed by atoms with Gasteiger partial charge in [-0.05, 0) is 27.3 Å². The molecule has 1 saturated heterocycles. The van der Waals surface area contributed by atoms with Gasteiger partial charge in [0.25, 0.3) is 0 Å². The minimum absolute atomic E-state index is 0.105. The summed E-state index contributed by atoms with van der Waals surface area (Å²) in [5.74, 6) is 0. The summed E-state index contributed by atoms with van der Waals surface area (Å²) in [5, 5.41) is 13.8. The van der Waals surface area contributed by atoms with Gasteiger partial charge >= 0.3 is 0 Å². The molecule has 2 N–H and O–H groups in total. The van der Waals surface area contributed by atoms with Crippen molar-refractivity contribution in [3.63, 3.8) is 0 Å². The van der Waals surface area contributed by atoms with Crippen molar-refractivity contribution in [1.29, 1.82) is 0 Å². The van der Waals surface area contributed by atoms with Crippen molar-refractivity contribution in [3.05, 3.63) is 23.8 Å². The average molecular weight is 250 g/mol. The second-order valence-corrected chi connectivity index (χ2v) is 5.34. The van der Waals surface area contributed by atoms with Crippen LogP contribution in [0.15, 0.2) is 12.4 Å². The molecule has 0 amide bonds. The number of rotatable bonds is 4. The molecule has 2 rings (SSSR count). The van der Waals surface area contributed by atoms with Crippen LogP contribution in [0, 0.1) is 6.92 Å². The first kappa shape index (κ1) is 13.4. The number of likely N-dealkylation sites (tertiary alicyclic amines) is 1. The molecule has 0 radical (unpaired) electrons. The lowest BCUT2D eigenvalue weighted by Gasteiger charge is -2.25. The first-order valence-corrected chi connectivity index (χ1v) is 6.42. The Labute approximate surface area is 108 Å². The third-order valence-corrected chi connectivity index (χ3v) is 3.59. The Morgan fingerprint density at radius 2 is 2.22 bits per heavy atom. The number of aromatic nitrogens is 2. The van der Waals surface area contributed by atoms with Gasteiger partial charge in [-0.3, -0.25) is 9.97 Å². The molecular weight excluding hydrogens is 228 g/mol. The van der Waals surface area contributed by atoms with Crippen LogP contribution in [0.3, 0.4) is 0 Å². The molecule has 0 aromatic carbocycles. The van der Waals surface area contributed by atoms with Crippen molar-refractivity contribution < 1.29 is 5.11 Å². The van der Waals surface area contributed by atoms with Crippen molar-refractivity contribution >= 4 is 0 Å². The van der Waals surface area contributed by atoms with E-state index in [-0.39, 0.29) is 6.04 Å². The maximum absolute atomic E-state index is 10.4. The van der Waals surface area contributed by atoms with Gasteiger partial charge in [0.2, 0.25) is 0 Å². The van der Waals surface area contributed by atoms with Crippen LogP contribution in [-0.2, 0) is 0 Å². The van der Waals surface area contributed by atoms with Gasteiger partial charge in [0.05, 0.1) is 17.0 Å². The summed E-state index contributed by atoms with van der Waals surface area (Å²) in [6.45, 7) is 6.29. The molecule has 1 fully saturated rings. The van der Waals surface area contributed by atoms with E-state index in [0.29, 0.717) is 6.54 Å². The predicted octanol–water partition coefficient (Wildman–Crippen LogP) is 0.502. The fourth-order valence-corrected chi connectivity index (χ4v) is 2.49. The highest BCUT2D eigenvalue weighted by molar-refractivity contribution is 5.12. The molecule has 100 valence electrons. The van der Waals surface area contributed by atoms with Gasteiger partial charge < -0.3 is 15.3 Å². The predicted molar refractivity (Wildman–Crippen MR) is 70.3 cm³/mol. The fraction of sp³-hybridized carbons (Fsp3) is 0.692. The van der Waals surface area contributed by atoms with Crippen LogP contribution < -0.4 is 5.32 Å². The molecule has 18 heavy (non-hydrogen) atoms. The Kier molecular flexibility index (Phi) is 3.94. The van der Waals surface area contributed by atoms with Gasteiger partial charge in [-0.15, -0.1) is 0 Å². The van der Waals surface area contributed by atoms with E-state index in [2.05, 4.69) is 27.1 Å². The molecule has 1 aromatic rings. The molecule has 0 bridgehead atoms. The standard InChI is InChI=1S/C13H22N4O/c1-10-12(15-6-5-14-10)11(2)16-8-13(18)4-7-17(3)9-13/h5-6,11,16,18H,4,7-9H2,1-3H3. The van der Waals surface area contributed by atoms with Crippen molar-refractivity contribution in [2.45, 2.75) is 31.9 Å². The van der Waals surface area contributed by atoms with Crippen molar-refractivity contribution in [1.82, 2.24) is 20.2 Å². The Morgan fingerprint density at radius 1 is 1.50 bits per heavy atom. The molecule has 2 atom stereocenters. The van der Waals surface area contributed by atoms with E-state index < -0.39 is 5.60 Å². The summed E-state index contributed by atoms with van der Waals surface area (Å²) in [6.07, 6.45) is 4.23. The number of aryl methyl sites for hydroxylation is 1. The molecule has 5 nitrogen and oxygen atoms in total. The van der Waals surface area contributed by atoms with E-state index in [0.717, 1.165) is 30.9 Å². The van der Waals surface area contributed by atoms with Crippen LogP contribution in [-0.4, -0.2) is 52.3 Å². The molecule has 0 aliphatic carbocycles. The quantitative estimate of drug-likeness (QED) is 0.815. The lowest BCUT2D eigenvalue weighted by Crippen LogP contribution is -2.43. The van der Waals surface area contributed by atoms with Crippen molar-refractivity contribution in [2.24, 2.45) is 0 Å². The second kappa shape index (κ2) is 5.30. The third kappa shape index (κ3) is 3.04. The Hall–Kier alpha value is -1.04. The number of nitrogens with one attached hydrogen (secondary N) is 1. The number of β-amino-alcohol motifs (C(OH)–C–C–N with tert-alkyl or cyclic N) is 1. The van der Waals surface area contributed by atoms with Gasteiger partial charge in [-0.1, -0.05) is 0 Å². The largest absolute Gasteiger partial charge is 0.387 e. The van der Waals surface area contributed by atoms with Gasteiger partial charge in [0, 0.05) is 38.1 Å². The fourth-order valence-electron chi connectivity index (χ4n) is 2.49. The van der Waals surface area contributed by atoms with Crippen LogP contribution in [0.1, 0.15) is 30.8 Å². The molecule has 2 unspecified atom stereocenters. The highest BCUT2D eigenvalue weighted by atomic mass is 16.3. The molecule has 2 heterocycles. The van der Waals surface area contributed by atoms with Crippen LogP contribution >= 0.6 is 0 Å². The van der Waals surface area contributed by atoms with Crippen LogP contribution in [0.2, 0.25) is 0 Å². The van der Waals surface area contributed by atoms with E-state index in [4.69, 9.17) is 0 Å². The van der Waals surface area contributed by atoms with Crippen LogP contribution in [0.25, 0.3) is 0 Å². The minimum Gasteiger partial charge on any atom is -0.387 e. The molecule has 5 heteroatoms. The molecule has 0 saturated carbocycles. The maximum Gasteiger partial charge on any atom is 0.0909 e. The maximum atomic E-state index is 10.4. The topological polar surface area (TPSA) is 61.3 Å². The van der Waals surface area contributed by atoms with E-state index in [1.54, 1.807) is 12.4 Å². The number of hydrogen-bond acceptors (Lipinski definition) is 5.